The van der Waals surface area contributed by atoms with Gasteiger partial charge in [0.15, 0.2) is 0 Å². The van der Waals surface area contributed by atoms with E-state index in [2.05, 4.69) is 17.3 Å². The van der Waals surface area contributed by atoms with E-state index in [4.69, 9.17) is 9.47 Å². The van der Waals surface area contributed by atoms with Crippen molar-refractivity contribution in [2.45, 2.75) is 6.42 Å². The molecule has 0 N–H and O–H groups in total. The lowest BCUT2D eigenvalue weighted by Crippen LogP contribution is -2.40. The van der Waals surface area contributed by atoms with Crippen LogP contribution in [0.5, 0.6) is 11.5 Å². The first-order valence-electron chi connectivity index (χ1n) is 9.46. The number of carbonyl (C=O) groups is 2. The lowest BCUT2D eigenvalue weighted by atomic mass is 9.63. The van der Waals surface area contributed by atoms with E-state index >= 15 is 0 Å². The molecular formula is C20H19N3O6. The molecule has 0 aromatic heterocycles. The predicted octanol–water partition coefficient (Wildman–Crippen LogP) is 2.00. The fraction of sp³-hybridized carbons (Fsp3) is 0.450. The smallest absolute Gasteiger partial charge is 0.311 e. The first-order chi connectivity index (χ1) is 14.0. The molecule has 9 nitrogen and oxygen atoms in total. The number of carbonyl (C=O) groups excluding carboxylic acids is 2. The zero-order valence-electron chi connectivity index (χ0n) is 15.8. The largest absolute Gasteiger partial charge is 0.496 e. The SMILES string of the molecule is COc1cc(OC)c([N+](=O)[O-])cc1/C=N\N1C(=O)[C@@H]2[C@@H]3C=C[C@H]([C@H]4C[C@@H]34)[C@@H]2C1=O. The Hall–Kier alpha value is -3.23. The van der Waals surface area contributed by atoms with Crippen LogP contribution < -0.4 is 9.47 Å². The van der Waals surface area contributed by atoms with Crippen LogP contribution in [0.2, 0.25) is 0 Å². The summed E-state index contributed by atoms with van der Waals surface area (Å²) < 4.78 is 10.3. The predicted molar refractivity (Wildman–Crippen MR) is 100 cm³/mol. The zero-order chi connectivity index (χ0) is 20.4. The third kappa shape index (κ3) is 2.43. The van der Waals surface area contributed by atoms with Crippen molar-refractivity contribution in [3.8, 4) is 11.5 Å². The Balaban J connectivity index is 1.47. The Morgan fingerprint density at radius 3 is 2.17 bits per heavy atom. The van der Waals surface area contributed by atoms with E-state index in [1.165, 1.54) is 32.6 Å². The fourth-order valence-corrected chi connectivity index (χ4v) is 5.32. The Morgan fingerprint density at radius 1 is 1.07 bits per heavy atom. The molecule has 29 heavy (non-hydrogen) atoms. The summed E-state index contributed by atoms with van der Waals surface area (Å²) >= 11 is 0. The van der Waals surface area contributed by atoms with Crippen molar-refractivity contribution in [1.29, 1.82) is 0 Å². The lowest BCUT2D eigenvalue weighted by molar-refractivity contribution is -0.385. The van der Waals surface area contributed by atoms with E-state index in [9.17, 15) is 19.7 Å². The van der Waals surface area contributed by atoms with Crippen molar-refractivity contribution < 1.29 is 24.0 Å². The molecule has 0 unspecified atom stereocenters. The van der Waals surface area contributed by atoms with Gasteiger partial charge in [-0.25, -0.2) is 0 Å². The van der Waals surface area contributed by atoms with Crippen molar-refractivity contribution in [2.24, 2.45) is 40.6 Å². The Labute approximate surface area is 166 Å². The number of hydrogen-bond donors (Lipinski definition) is 0. The van der Waals surface area contributed by atoms with E-state index in [0.717, 1.165) is 11.4 Å². The number of rotatable bonds is 5. The monoisotopic (exact) mass is 397 g/mol. The number of nitrogens with zero attached hydrogens (tertiary/aromatic N) is 3. The van der Waals surface area contributed by atoms with E-state index in [1.807, 2.05) is 0 Å². The van der Waals surface area contributed by atoms with E-state index in [1.54, 1.807) is 0 Å². The maximum atomic E-state index is 13.0. The molecule has 6 rings (SSSR count). The number of hydrogen-bond acceptors (Lipinski definition) is 7. The first-order valence-corrected chi connectivity index (χ1v) is 9.46. The molecule has 1 aliphatic heterocycles. The van der Waals surface area contributed by atoms with Crippen LogP contribution in [0, 0.1) is 45.6 Å². The second-order valence-corrected chi connectivity index (χ2v) is 7.91. The van der Waals surface area contributed by atoms with Crippen LogP contribution in [0.25, 0.3) is 0 Å². The standard InChI is InChI=1S/C20H19N3O6/c1-28-15-7-16(29-2)14(23(26)27)5-9(15)8-21-22-19(24)17-10-3-4-11(13-6-12(10)13)18(17)20(22)25/h3-5,7-8,10-13,17-18H,6H2,1-2H3/b21-8-/t10-,11-,12-,13+,17+,18-/m1/s1. The minimum atomic E-state index is -0.577. The van der Waals surface area contributed by atoms with Gasteiger partial charge < -0.3 is 9.47 Å². The highest BCUT2D eigenvalue weighted by Gasteiger charge is 2.67. The summed E-state index contributed by atoms with van der Waals surface area (Å²) in [5.41, 5.74) is 0.0178. The van der Waals surface area contributed by atoms with Gasteiger partial charge in [0.2, 0.25) is 5.75 Å². The number of allylic oxidation sites excluding steroid dienone is 2. The highest BCUT2D eigenvalue weighted by atomic mass is 16.6. The van der Waals surface area contributed by atoms with E-state index < -0.39 is 4.92 Å². The summed E-state index contributed by atoms with van der Waals surface area (Å²) in [7, 11) is 2.74. The maximum Gasteiger partial charge on any atom is 0.311 e. The van der Waals surface area contributed by atoms with Crippen molar-refractivity contribution in [2.75, 3.05) is 14.2 Å². The molecule has 0 radical (unpaired) electrons. The molecule has 2 amide bonds. The van der Waals surface area contributed by atoms with Crippen molar-refractivity contribution in [1.82, 2.24) is 5.01 Å². The molecule has 1 heterocycles. The lowest BCUT2D eigenvalue weighted by Gasteiger charge is -2.37. The Kier molecular flexibility index (Phi) is 3.77. The fourth-order valence-electron chi connectivity index (χ4n) is 5.32. The number of ether oxygens (including phenoxy) is 2. The second-order valence-electron chi connectivity index (χ2n) is 7.91. The van der Waals surface area contributed by atoms with Gasteiger partial charge in [-0.1, -0.05) is 12.2 Å². The summed E-state index contributed by atoms with van der Waals surface area (Å²) in [6.45, 7) is 0. The highest BCUT2D eigenvalue weighted by Crippen LogP contribution is 2.65. The molecule has 150 valence electrons. The molecule has 4 aliphatic carbocycles. The second kappa shape index (κ2) is 6.13. The van der Waals surface area contributed by atoms with Crippen LogP contribution in [0.4, 0.5) is 5.69 Å². The van der Waals surface area contributed by atoms with Crippen molar-refractivity contribution >= 4 is 23.7 Å². The highest BCUT2D eigenvalue weighted by molar-refractivity contribution is 6.06. The number of benzene rings is 1. The van der Waals surface area contributed by atoms with Gasteiger partial charge in [-0.15, -0.1) is 0 Å². The van der Waals surface area contributed by atoms with E-state index in [0.29, 0.717) is 11.8 Å². The molecule has 6 atom stereocenters. The normalized spacial score (nSPS) is 33.8. The number of nitro benzene ring substituents is 1. The van der Waals surface area contributed by atoms with Crippen LogP contribution in [-0.2, 0) is 9.59 Å². The summed E-state index contributed by atoms with van der Waals surface area (Å²) in [6.07, 6.45) is 6.53. The number of hydrazone groups is 1. The first kappa shape index (κ1) is 17.8. The van der Waals surface area contributed by atoms with Crippen molar-refractivity contribution in [3.63, 3.8) is 0 Å². The molecule has 1 aromatic carbocycles. The van der Waals surface area contributed by atoms with Gasteiger partial charge >= 0.3 is 5.69 Å². The topological polar surface area (TPSA) is 111 Å². The van der Waals surface area contributed by atoms with Gasteiger partial charge in [-0.3, -0.25) is 19.7 Å². The van der Waals surface area contributed by atoms with Gasteiger partial charge in [0.1, 0.15) is 5.75 Å². The van der Waals surface area contributed by atoms with Crippen LogP contribution in [0.15, 0.2) is 29.4 Å². The molecule has 0 spiro atoms. The number of amides is 2. The van der Waals surface area contributed by atoms with Gasteiger partial charge in [-0.2, -0.15) is 10.1 Å². The van der Waals surface area contributed by atoms with Gasteiger partial charge in [0, 0.05) is 17.7 Å². The quantitative estimate of drug-likeness (QED) is 0.247. The average Bonchev–Trinajstić information content (AvgIpc) is 3.50. The van der Waals surface area contributed by atoms with Crippen LogP contribution in [0.1, 0.15) is 12.0 Å². The molecule has 5 aliphatic rings. The number of nitro groups is 1. The minimum Gasteiger partial charge on any atom is -0.496 e. The maximum absolute atomic E-state index is 13.0. The minimum absolute atomic E-state index is 0.0465. The molecule has 2 saturated carbocycles. The summed E-state index contributed by atoms with van der Waals surface area (Å²) in [4.78, 5) is 36.6. The molecule has 1 saturated heterocycles. The molecule has 2 bridgehead atoms. The Bertz CT molecular complexity index is 966. The number of methoxy groups -OCH3 is 2. The molecule has 3 fully saturated rings. The van der Waals surface area contributed by atoms with E-state index in [-0.39, 0.29) is 58.2 Å². The van der Waals surface area contributed by atoms with Crippen LogP contribution in [-0.4, -0.2) is 42.2 Å². The number of imide groups is 1. The summed E-state index contributed by atoms with van der Waals surface area (Å²) in [5, 5.41) is 16.3. The zero-order valence-corrected chi connectivity index (χ0v) is 15.8. The van der Waals surface area contributed by atoms with Crippen LogP contribution >= 0.6 is 0 Å². The molecule has 9 heteroatoms. The third-order valence-electron chi connectivity index (χ3n) is 6.68. The average molecular weight is 397 g/mol. The van der Waals surface area contributed by atoms with Gasteiger partial charge in [-0.05, 0) is 30.1 Å². The summed E-state index contributed by atoms with van der Waals surface area (Å²) in [5.74, 6) is 0.321. The third-order valence-corrected chi connectivity index (χ3v) is 6.68. The molecule has 1 aromatic rings. The van der Waals surface area contributed by atoms with Gasteiger partial charge in [0.05, 0.1) is 37.2 Å². The van der Waals surface area contributed by atoms with Crippen LogP contribution in [0.3, 0.4) is 0 Å². The van der Waals surface area contributed by atoms with Crippen molar-refractivity contribution in [3.05, 3.63) is 40.0 Å². The molecular weight excluding hydrogens is 378 g/mol. The van der Waals surface area contributed by atoms with Gasteiger partial charge in [0.25, 0.3) is 11.8 Å². The Morgan fingerprint density at radius 2 is 1.66 bits per heavy atom. The summed E-state index contributed by atoms with van der Waals surface area (Å²) in [6, 6.07) is 2.63.